The van der Waals surface area contributed by atoms with Crippen LogP contribution in [0.4, 0.5) is 8.78 Å². The normalized spacial score (nSPS) is 12.6. The summed E-state index contributed by atoms with van der Waals surface area (Å²) < 4.78 is 35.8. The number of ether oxygens (including phenoxy) is 2. The molecule has 0 spiro atoms. The second-order valence-electron chi connectivity index (χ2n) is 5.53. The van der Waals surface area contributed by atoms with E-state index in [0.717, 1.165) is 15.9 Å². The molecule has 0 aliphatic heterocycles. The molecule has 1 unspecified atom stereocenters. The molecule has 0 amide bonds. The number of esters is 1. The highest BCUT2D eigenvalue weighted by Crippen LogP contribution is 2.30. The minimum absolute atomic E-state index is 0.0600. The van der Waals surface area contributed by atoms with Gasteiger partial charge in [0.2, 0.25) is 0 Å². The van der Waals surface area contributed by atoms with E-state index in [0.29, 0.717) is 10.4 Å². The Morgan fingerprint density at radius 2 is 1.96 bits per heavy atom. The first-order valence-electron chi connectivity index (χ1n) is 7.54. The van der Waals surface area contributed by atoms with Gasteiger partial charge in [0.05, 0.1) is 5.69 Å². The molecule has 8 heteroatoms. The molecule has 1 aromatic carbocycles. The average molecular weight is 366 g/mol. The molecule has 3 rings (SSSR count). The van der Waals surface area contributed by atoms with Gasteiger partial charge < -0.3 is 9.47 Å². The van der Waals surface area contributed by atoms with Crippen LogP contribution in [0.2, 0.25) is 0 Å². The molecule has 132 valence electrons. The monoisotopic (exact) mass is 366 g/mol. The van der Waals surface area contributed by atoms with Gasteiger partial charge in [0.15, 0.2) is 0 Å². The van der Waals surface area contributed by atoms with Crippen molar-refractivity contribution in [1.82, 2.24) is 9.78 Å². The van der Waals surface area contributed by atoms with Crippen LogP contribution in [-0.2, 0) is 11.8 Å². The molecule has 0 aliphatic carbocycles. The first-order valence-corrected chi connectivity index (χ1v) is 8.35. The zero-order chi connectivity index (χ0) is 18.1. The zero-order valence-corrected chi connectivity index (χ0v) is 14.6. The lowest BCUT2D eigenvalue weighted by Gasteiger charge is -2.13. The van der Waals surface area contributed by atoms with Gasteiger partial charge in [-0.1, -0.05) is 12.1 Å². The standard InChI is InChI=1S/C17H16F2N2O3S/c1-9-13-8-14(25-15(13)21(3)20-9)16(22)23-10(2)11-4-6-12(7-5-11)24-17(18)19/h4-8,10,17H,1-3H3. The lowest BCUT2D eigenvalue weighted by Crippen LogP contribution is -2.08. The number of benzene rings is 1. The van der Waals surface area contributed by atoms with Crippen LogP contribution < -0.4 is 4.74 Å². The summed E-state index contributed by atoms with van der Waals surface area (Å²) in [7, 11) is 1.83. The van der Waals surface area contributed by atoms with Gasteiger partial charge in [-0.05, 0) is 37.6 Å². The van der Waals surface area contributed by atoms with E-state index in [1.54, 1.807) is 29.8 Å². The van der Waals surface area contributed by atoms with Gasteiger partial charge >= 0.3 is 12.6 Å². The van der Waals surface area contributed by atoms with Gasteiger partial charge in [0.1, 0.15) is 21.6 Å². The van der Waals surface area contributed by atoms with Gasteiger partial charge in [0.25, 0.3) is 0 Å². The van der Waals surface area contributed by atoms with E-state index in [4.69, 9.17) is 4.74 Å². The molecule has 0 saturated heterocycles. The number of aromatic nitrogens is 2. The minimum Gasteiger partial charge on any atom is -0.454 e. The topological polar surface area (TPSA) is 53.4 Å². The number of rotatable bonds is 5. The highest BCUT2D eigenvalue weighted by molar-refractivity contribution is 7.20. The average Bonchev–Trinajstić information content (AvgIpc) is 3.09. The van der Waals surface area contributed by atoms with Crippen molar-refractivity contribution in [1.29, 1.82) is 0 Å². The van der Waals surface area contributed by atoms with Gasteiger partial charge in [-0.2, -0.15) is 13.9 Å². The van der Waals surface area contributed by atoms with E-state index in [-0.39, 0.29) is 5.75 Å². The van der Waals surface area contributed by atoms with Gasteiger partial charge in [-0.3, -0.25) is 4.68 Å². The largest absolute Gasteiger partial charge is 0.454 e. The molecule has 5 nitrogen and oxygen atoms in total. The summed E-state index contributed by atoms with van der Waals surface area (Å²) in [5, 5.41) is 5.23. The number of halogens is 2. The number of fused-ring (bicyclic) bond motifs is 1. The van der Waals surface area contributed by atoms with Crippen molar-refractivity contribution in [2.45, 2.75) is 26.6 Å². The molecule has 0 saturated carbocycles. The van der Waals surface area contributed by atoms with Crippen molar-refractivity contribution >= 4 is 27.5 Å². The molecule has 0 N–H and O–H groups in total. The number of hydrogen-bond donors (Lipinski definition) is 0. The van der Waals surface area contributed by atoms with Crippen LogP contribution in [0.1, 0.15) is 34.0 Å². The maximum atomic E-state index is 12.4. The fourth-order valence-electron chi connectivity index (χ4n) is 2.51. The summed E-state index contributed by atoms with van der Waals surface area (Å²) in [6.45, 7) is 0.739. The first-order chi connectivity index (χ1) is 11.8. The van der Waals surface area contributed by atoms with E-state index in [1.165, 1.54) is 23.5 Å². The molecule has 2 heterocycles. The predicted molar refractivity (Wildman–Crippen MR) is 90.2 cm³/mol. The van der Waals surface area contributed by atoms with Gasteiger partial charge in [-0.25, -0.2) is 4.79 Å². The maximum absolute atomic E-state index is 12.4. The third-order valence-corrected chi connectivity index (χ3v) is 4.94. The fourth-order valence-corrected chi connectivity index (χ4v) is 3.52. The van der Waals surface area contributed by atoms with Crippen LogP contribution in [0.3, 0.4) is 0 Å². The van der Waals surface area contributed by atoms with Crippen LogP contribution in [-0.4, -0.2) is 22.4 Å². The lowest BCUT2D eigenvalue weighted by molar-refractivity contribution is -0.0498. The minimum atomic E-state index is -2.87. The summed E-state index contributed by atoms with van der Waals surface area (Å²) >= 11 is 1.32. The van der Waals surface area contributed by atoms with Crippen molar-refractivity contribution in [3.63, 3.8) is 0 Å². The van der Waals surface area contributed by atoms with Gasteiger partial charge in [-0.15, -0.1) is 11.3 Å². The number of carbonyl (C=O) groups is 1. The molecule has 0 bridgehead atoms. The van der Waals surface area contributed by atoms with E-state index in [1.807, 2.05) is 14.0 Å². The molecule has 0 radical (unpaired) electrons. The second kappa shape index (κ2) is 6.79. The van der Waals surface area contributed by atoms with E-state index < -0.39 is 18.7 Å². The van der Waals surface area contributed by atoms with Crippen LogP contribution in [0.5, 0.6) is 5.75 Å². The summed E-state index contributed by atoms with van der Waals surface area (Å²) in [6.07, 6.45) is -0.516. The molecular weight excluding hydrogens is 350 g/mol. The Labute approximate surface area is 146 Å². The van der Waals surface area contributed by atoms with Crippen molar-refractivity contribution in [2.75, 3.05) is 0 Å². The summed E-state index contributed by atoms with van der Waals surface area (Å²) in [4.78, 5) is 13.8. The van der Waals surface area contributed by atoms with Crippen molar-refractivity contribution in [2.24, 2.45) is 7.05 Å². The SMILES string of the molecule is Cc1nn(C)c2sc(C(=O)OC(C)c3ccc(OC(F)F)cc3)cc12. The van der Waals surface area contributed by atoms with E-state index in [9.17, 15) is 13.6 Å². The third-order valence-electron chi connectivity index (χ3n) is 3.76. The molecular formula is C17H16F2N2O3S. The summed E-state index contributed by atoms with van der Waals surface area (Å²) in [5.41, 5.74) is 1.55. The van der Waals surface area contributed by atoms with Gasteiger partial charge in [0, 0.05) is 12.4 Å². The van der Waals surface area contributed by atoms with Crippen molar-refractivity contribution < 1.29 is 23.0 Å². The number of nitrogens with zero attached hydrogens (tertiary/aromatic N) is 2. The fraction of sp³-hybridized carbons (Fsp3) is 0.294. The van der Waals surface area contributed by atoms with Crippen LogP contribution >= 0.6 is 11.3 Å². The summed E-state index contributed by atoms with van der Waals surface area (Å²) in [6, 6.07) is 7.79. The van der Waals surface area contributed by atoms with Crippen molar-refractivity contribution in [3.8, 4) is 5.75 Å². The third kappa shape index (κ3) is 3.63. The molecule has 0 fully saturated rings. The number of hydrogen-bond acceptors (Lipinski definition) is 5. The molecule has 25 heavy (non-hydrogen) atoms. The molecule has 2 aromatic heterocycles. The zero-order valence-electron chi connectivity index (χ0n) is 13.8. The summed E-state index contributed by atoms with van der Waals surface area (Å²) in [5.74, 6) is -0.370. The number of aryl methyl sites for hydroxylation is 2. The van der Waals surface area contributed by atoms with Crippen molar-refractivity contribution in [3.05, 3.63) is 46.5 Å². The molecule has 3 aromatic rings. The Hall–Kier alpha value is -2.48. The maximum Gasteiger partial charge on any atom is 0.387 e. The number of alkyl halides is 2. The number of carbonyl (C=O) groups excluding carboxylic acids is 1. The number of thiophene rings is 1. The lowest BCUT2D eigenvalue weighted by atomic mass is 10.1. The highest BCUT2D eigenvalue weighted by Gasteiger charge is 2.19. The Morgan fingerprint density at radius 3 is 2.56 bits per heavy atom. The van der Waals surface area contributed by atoms with Crippen LogP contribution in [0.25, 0.3) is 10.2 Å². The van der Waals surface area contributed by atoms with Crippen LogP contribution in [0, 0.1) is 6.92 Å². The second-order valence-corrected chi connectivity index (χ2v) is 6.56. The highest BCUT2D eigenvalue weighted by atomic mass is 32.1. The quantitative estimate of drug-likeness (QED) is 0.626. The predicted octanol–water partition coefficient (Wildman–Crippen LogP) is 4.46. The molecule has 0 aliphatic rings. The smallest absolute Gasteiger partial charge is 0.387 e. The first kappa shape index (κ1) is 17.3. The van der Waals surface area contributed by atoms with E-state index in [2.05, 4.69) is 9.84 Å². The molecule has 1 atom stereocenters. The Morgan fingerprint density at radius 1 is 1.28 bits per heavy atom. The Bertz CT molecular complexity index is 868. The Balaban J connectivity index is 1.71. The Kier molecular flexibility index (Phi) is 4.71. The van der Waals surface area contributed by atoms with Crippen LogP contribution in [0.15, 0.2) is 30.3 Å². The van der Waals surface area contributed by atoms with E-state index >= 15 is 0 Å².